The Balaban J connectivity index is 1.32. The highest BCUT2D eigenvalue weighted by atomic mass is 16.5. The number of anilines is 2. The molecule has 0 aliphatic carbocycles. The fraction of sp³-hybridized carbons (Fsp3) is 0.435. The molecule has 0 saturated carbocycles. The van der Waals surface area contributed by atoms with Crippen LogP contribution < -0.4 is 10.2 Å². The van der Waals surface area contributed by atoms with Gasteiger partial charge < -0.3 is 15.0 Å². The predicted octanol–water partition coefficient (Wildman–Crippen LogP) is 3.76. The van der Waals surface area contributed by atoms with Crippen LogP contribution in [-0.2, 0) is 11.3 Å². The van der Waals surface area contributed by atoms with Crippen molar-refractivity contribution in [2.24, 2.45) is 0 Å². The lowest BCUT2D eigenvalue weighted by Crippen LogP contribution is -2.36. The van der Waals surface area contributed by atoms with E-state index >= 15 is 0 Å². The number of nitrogens with zero attached hydrogens (tertiary/aromatic N) is 2. The van der Waals surface area contributed by atoms with Crippen LogP contribution in [-0.4, -0.2) is 50.2 Å². The summed E-state index contributed by atoms with van der Waals surface area (Å²) in [5, 5.41) is 3.00. The molecule has 148 valence electrons. The molecule has 28 heavy (non-hydrogen) atoms. The van der Waals surface area contributed by atoms with Crippen molar-refractivity contribution in [3.05, 3.63) is 59.7 Å². The van der Waals surface area contributed by atoms with Gasteiger partial charge in [0.1, 0.15) is 0 Å². The lowest BCUT2D eigenvalue weighted by Gasteiger charge is -2.28. The molecule has 0 aromatic heterocycles. The number of amides is 1. The maximum atomic E-state index is 12.6. The Labute approximate surface area is 167 Å². The van der Waals surface area contributed by atoms with Crippen LogP contribution in [0.2, 0.25) is 0 Å². The second-order valence-electron chi connectivity index (χ2n) is 7.63. The minimum absolute atomic E-state index is 0.0661. The summed E-state index contributed by atoms with van der Waals surface area (Å²) in [6.07, 6.45) is 3.94. The molecule has 0 radical (unpaired) electrons. The molecule has 5 nitrogen and oxygen atoms in total. The third-order valence-electron chi connectivity index (χ3n) is 5.57. The number of hydrogen-bond donors (Lipinski definition) is 1. The zero-order chi connectivity index (χ0) is 19.2. The van der Waals surface area contributed by atoms with Gasteiger partial charge in [-0.1, -0.05) is 18.6 Å². The van der Waals surface area contributed by atoms with E-state index in [0.717, 1.165) is 38.5 Å². The summed E-state index contributed by atoms with van der Waals surface area (Å²) in [6, 6.07) is 16.1. The summed E-state index contributed by atoms with van der Waals surface area (Å²) < 4.78 is 5.40. The SMILES string of the molecule is O=C(Nc1ccc(N2CCOCC2)cc1)c1ccc(CN2CCCCC2)cc1. The van der Waals surface area contributed by atoms with Crippen molar-refractivity contribution in [3.8, 4) is 0 Å². The van der Waals surface area contributed by atoms with Gasteiger partial charge in [0.15, 0.2) is 0 Å². The molecule has 1 amide bonds. The highest BCUT2D eigenvalue weighted by Crippen LogP contribution is 2.20. The lowest BCUT2D eigenvalue weighted by molar-refractivity contribution is 0.102. The molecule has 2 aliphatic rings. The van der Waals surface area contributed by atoms with Gasteiger partial charge in [0, 0.05) is 36.6 Å². The van der Waals surface area contributed by atoms with Crippen LogP contribution in [0.3, 0.4) is 0 Å². The van der Waals surface area contributed by atoms with Crippen LogP contribution in [0, 0.1) is 0 Å². The molecule has 2 saturated heterocycles. The Morgan fingerprint density at radius 2 is 1.54 bits per heavy atom. The molecule has 5 heteroatoms. The Morgan fingerprint density at radius 1 is 0.857 bits per heavy atom. The number of ether oxygens (including phenoxy) is 1. The van der Waals surface area contributed by atoms with E-state index in [9.17, 15) is 4.79 Å². The van der Waals surface area contributed by atoms with E-state index in [-0.39, 0.29) is 5.91 Å². The summed E-state index contributed by atoms with van der Waals surface area (Å²) >= 11 is 0. The molecule has 2 heterocycles. The number of likely N-dealkylation sites (tertiary alicyclic amines) is 1. The Kier molecular flexibility index (Phi) is 6.24. The molecule has 2 aromatic carbocycles. The van der Waals surface area contributed by atoms with E-state index in [1.54, 1.807) is 0 Å². The molecule has 4 rings (SSSR count). The number of rotatable bonds is 5. The number of nitrogens with one attached hydrogen (secondary N) is 1. The van der Waals surface area contributed by atoms with Gasteiger partial charge in [-0.2, -0.15) is 0 Å². The molecule has 0 atom stereocenters. The molecular formula is C23H29N3O2. The molecule has 0 bridgehead atoms. The van der Waals surface area contributed by atoms with Gasteiger partial charge in [-0.25, -0.2) is 0 Å². The van der Waals surface area contributed by atoms with Gasteiger partial charge in [-0.15, -0.1) is 0 Å². The summed E-state index contributed by atoms with van der Waals surface area (Å²) in [6.45, 7) is 6.71. The Hall–Kier alpha value is -2.37. The van der Waals surface area contributed by atoms with Crippen LogP contribution >= 0.6 is 0 Å². The predicted molar refractivity (Wildman–Crippen MR) is 113 cm³/mol. The number of hydrogen-bond acceptors (Lipinski definition) is 4. The average molecular weight is 380 g/mol. The van der Waals surface area contributed by atoms with E-state index < -0.39 is 0 Å². The van der Waals surface area contributed by atoms with E-state index in [2.05, 4.69) is 39.4 Å². The van der Waals surface area contributed by atoms with Crippen molar-refractivity contribution in [1.82, 2.24) is 4.90 Å². The molecule has 0 spiro atoms. The first-order valence-electron chi connectivity index (χ1n) is 10.3. The maximum absolute atomic E-state index is 12.6. The minimum atomic E-state index is -0.0661. The first-order valence-corrected chi connectivity index (χ1v) is 10.3. The van der Waals surface area contributed by atoms with Crippen LogP contribution in [0.25, 0.3) is 0 Å². The average Bonchev–Trinajstić information content (AvgIpc) is 2.76. The number of piperidine rings is 1. The van der Waals surface area contributed by atoms with Gasteiger partial charge in [-0.05, 0) is 67.9 Å². The van der Waals surface area contributed by atoms with Crippen molar-refractivity contribution in [2.75, 3.05) is 49.6 Å². The van der Waals surface area contributed by atoms with Crippen molar-refractivity contribution < 1.29 is 9.53 Å². The van der Waals surface area contributed by atoms with E-state index in [0.29, 0.717) is 5.56 Å². The van der Waals surface area contributed by atoms with Crippen LogP contribution in [0.15, 0.2) is 48.5 Å². The Morgan fingerprint density at radius 3 is 2.21 bits per heavy atom. The molecule has 2 aromatic rings. The fourth-order valence-electron chi connectivity index (χ4n) is 3.92. The number of benzene rings is 2. The highest BCUT2D eigenvalue weighted by Gasteiger charge is 2.13. The third kappa shape index (κ3) is 4.91. The molecule has 1 N–H and O–H groups in total. The van der Waals surface area contributed by atoms with E-state index in [1.165, 1.54) is 43.6 Å². The van der Waals surface area contributed by atoms with Crippen LogP contribution in [0.5, 0.6) is 0 Å². The first-order chi connectivity index (χ1) is 13.8. The fourth-order valence-corrected chi connectivity index (χ4v) is 3.92. The monoisotopic (exact) mass is 379 g/mol. The Bertz CT molecular complexity index is 761. The van der Waals surface area contributed by atoms with Gasteiger partial charge in [0.2, 0.25) is 0 Å². The van der Waals surface area contributed by atoms with Gasteiger partial charge in [0.05, 0.1) is 13.2 Å². The van der Waals surface area contributed by atoms with Crippen molar-refractivity contribution in [2.45, 2.75) is 25.8 Å². The van der Waals surface area contributed by atoms with Crippen molar-refractivity contribution in [1.29, 1.82) is 0 Å². The normalized spacial score (nSPS) is 18.1. The second kappa shape index (κ2) is 9.22. The number of carbonyl (C=O) groups is 1. The van der Waals surface area contributed by atoms with Crippen molar-refractivity contribution in [3.63, 3.8) is 0 Å². The summed E-state index contributed by atoms with van der Waals surface area (Å²) in [5.74, 6) is -0.0661. The zero-order valence-electron chi connectivity index (χ0n) is 16.4. The van der Waals surface area contributed by atoms with E-state index in [1.807, 2.05) is 24.3 Å². The maximum Gasteiger partial charge on any atom is 0.255 e. The van der Waals surface area contributed by atoms with Crippen molar-refractivity contribution >= 4 is 17.3 Å². The van der Waals surface area contributed by atoms with Gasteiger partial charge >= 0.3 is 0 Å². The van der Waals surface area contributed by atoms with Crippen LogP contribution in [0.4, 0.5) is 11.4 Å². The second-order valence-corrected chi connectivity index (χ2v) is 7.63. The molecule has 2 fully saturated rings. The van der Waals surface area contributed by atoms with E-state index in [4.69, 9.17) is 4.74 Å². The topological polar surface area (TPSA) is 44.8 Å². The molecule has 0 unspecified atom stereocenters. The van der Waals surface area contributed by atoms with Gasteiger partial charge in [0.25, 0.3) is 5.91 Å². The first kappa shape index (κ1) is 19.0. The third-order valence-corrected chi connectivity index (χ3v) is 5.57. The zero-order valence-corrected chi connectivity index (χ0v) is 16.4. The number of carbonyl (C=O) groups excluding carboxylic acids is 1. The minimum Gasteiger partial charge on any atom is -0.378 e. The standard InChI is InChI=1S/C23H29N3O2/c27-23(20-6-4-19(5-7-20)18-25-12-2-1-3-13-25)24-21-8-10-22(11-9-21)26-14-16-28-17-15-26/h4-11H,1-3,12-18H2,(H,24,27). The highest BCUT2D eigenvalue weighted by molar-refractivity contribution is 6.04. The summed E-state index contributed by atoms with van der Waals surface area (Å²) in [4.78, 5) is 17.3. The largest absolute Gasteiger partial charge is 0.378 e. The van der Waals surface area contributed by atoms with Gasteiger partial charge in [-0.3, -0.25) is 9.69 Å². The number of morpholine rings is 1. The quantitative estimate of drug-likeness (QED) is 0.859. The van der Waals surface area contributed by atoms with Crippen LogP contribution in [0.1, 0.15) is 35.2 Å². The summed E-state index contributed by atoms with van der Waals surface area (Å²) in [5.41, 5.74) is 3.95. The molecule has 2 aliphatic heterocycles. The molecular weight excluding hydrogens is 350 g/mol. The smallest absolute Gasteiger partial charge is 0.255 e. The lowest BCUT2D eigenvalue weighted by atomic mass is 10.1. The summed E-state index contributed by atoms with van der Waals surface area (Å²) in [7, 11) is 0.